The topological polar surface area (TPSA) is 225 Å². The molecular weight excluding hydrogens is 888 g/mol. The van der Waals surface area contributed by atoms with Gasteiger partial charge in [-0.15, -0.1) is 17.9 Å². The molecular formula is C44H53ClN6O11S2. The van der Waals surface area contributed by atoms with E-state index in [-0.39, 0.29) is 31.4 Å². The third-order valence-electron chi connectivity index (χ3n) is 11.6. The number of allylic oxidation sites excluding steroid dienone is 1. The zero-order valence-electron chi connectivity index (χ0n) is 36.8. The molecule has 0 radical (unpaired) electrons. The van der Waals surface area contributed by atoms with Gasteiger partial charge in [0.2, 0.25) is 11.8 Å². The molecule has 4 amide bonds. The minimum absolute atomic E-state index is 0.0538. The summed E-state index contributed by atoms with van der Waals surface area (Å²) in [5.41, 5.74) is -1.39. The highest BCUT2D eigenvalue weighted by atomic mass is 35.5. The molecule has 0 spiro atoms. The van der Waals surface area contributed by atoms with Crippen molar-refractivity contribution in [1.29, 1.82) is 0 Å². The lowest BCUT2D eigenvalue weighted by atomic mass is 9.59. The predicted molar refractivity (Wildman–Crippen MR) is 240 cm³/mol. The maximum Gasteiger partial charge on any atom is 0.408 e. The number of nitrogens with zero attached hydrogens (tertiary/aromatic N) is 3. The van der Waals surface area contributed by atoms with Crippen molar-refractivity contribution in [2.45, 2.75) is 107 Å². The number of hydrogen-bond donors (Lipinski definition) is 3. The van der Waals surface area contributed by atoms with Crippen LogP contribution in [0.5, 0.6) is 5.75 Å². The first-order chi connectivity index (χ1) is 29.9. The number of carbonyl (C=O) groups excluding carboxylic acids is 4. The number of aromatic nitrogens is 1. The number of pyridine rings is 1. The molecule has 1 saturated carbocycles. The molecule has 6 rings (SSSR count). The third kappa shape index (κ3) is 10.1. The number of nitro groups is 1. The number of likely N-dealkylation sites (tertiary alicyclic amines) is 1. The molecule has 17 nitrogen and oxygen atoms in total. The number of fused-ring (bicyclic) bond motifs is 1. The van der Waals surface area contributed by atoms with E-state index in [1.165, 1.54) is 4.90 Å². The standard InChI is InChI=1S/C44H53ClN6O11S2/c1-10-25-22-44(24(25)2,40(54)49-64(58,59)35-21-32(51(56)57)37(45)63-35)48-38(52)33-19-28(23-50(33)39(53)36(42(3,4)5)47-41(55)62-43(6,7)8)61-34-20-30(26-14-12-11-13-15-26)46-31-18-27(60-9)16-17-29(31)34/h10-17,20-21,24-25,27-28,33,36H,1,18-19,22-23H2,2-9H3,(H,47,55)(H,48,52)(H,49,54)/t24-,25?,27?,28+,33-,36+,44-/m0/s1. The average Bonchev–Trinajstić information content (AvgIpc) is 3.84. The summed E-state index contributed by atoms with van der Waals surface area (Å²) in [5.74, 6) is -3.08. The number of nitrogens with one attached hydrogen (secondary N) is 3. The van der Waals surface area contributed by atoms with Crippen LogP contribution in [0.3, 0.4) is 0 Å². The molecule has 20 heteroatoms. The zero-order chi connectivity index (χ0) is 47.1. The number of halogens is 1. The summed E-state index contributed by atoms with van der Waals surface area (Å²) in [5, 5.41) is 17.0. The largest absolute Gasteiger partial charge is 0.488 e. The lowest BCUT2D eigenvalue weighted by Crippen LogP contribution is -2.72. The van der Waals surface area contributed by atoms with E-state index in [4.69, 9.17) is 30.8 Å². The molecule has 3 N–H and O–H groups in total. The lowest BCUT2D eigenvalue weighted by molar-refractivity contribution is -0.384. The maximum atomic E-state index is 14.9. The predicted octanol–water partition coefficient (Wildman–Crippen LogP) is 6.45. The summed E-state index contributed by atoms with van der Waals surface area (Å²) in [7, 11) is -3.11. The number of alkyl carbamates (subject to hydrolysis) is 1. The van der Waals surface area contributed by atoms with Crippen LogP contribution in [0.2, 0.25) is 4.34 Å². The van der Waals surface area contributed by atoms with Crippen molar-refractivity contribution in [2.24, 2.45) is 17.3 Å². The molecule has 2 fully saturated rings. The van der Waals surface area contributed by atoms with Gasteiger partial charge in [-0.25, -0.2) is 17.9 Å². The molecule has 3 aliphatic rings. The second-order valence-corrected chi connectivity index (χ2v) is 21.8. The Kier molecular flexibility index (Phi) is 13.7. The number of rotatable bonds is 13. The Morgan fingerprint density at radius 1 is 1.12 bits per heavy atom. The van der Waals surface area contributed by atoms with E-state index in [9.17, 15) is 37.7 Å². The van der Waals surface area contributed by atoms with Crippen molar-refractivity contribution >= 4 is 68.5 Å². The third-order valence-corrected chi connectivity index (χ3v) is 14.8. The van der Waals surface area contributed by atoms with E-state index in [2.05, 4.69) is 17.2 Å². The first-order valence-corrected chi connectivity index (χ1v) is 23.3. The summed E-state index contributed by atoms with van der Waals surface area (Å²) < 4.78 is 45.9. The molecule has 1 aromatic carbocycles. The molecule has 64 heavy (non-hydrogen) atoms. The van der Waals surface area contributed by atoms with Gasteiger partial charge in [0.25, 0.3) is 21.6 Å². The highest BCUT2D eigenvalue weighted by molar-refractivity contribution is 7.92. The van der Waals surface area contributed by atoms with Crippen LogP contribution in [0, 0.1) is 27.4 Å². The van der Waals surface area contributed by atoms with Crippen LogP contribution in [0.1, 0.15) is 72.6 Å². The summed E-state index contributed by atoms with van der Waals surface area (Å²) in [6.07, 6.45) is 3.79. The number of benzene rings is 1. The number of hydrogen-bond acceptors (Lipinski definition) is 13. The molecule has 1 aliphatic heterocycles. The van der Waals surface area contributed by atoms with Crippen LogP contribution in [-0.2, 0) is 40.3 Å². The number of carbonyl (C=O) groups is 4. The molecule has 2 aliphatic carbocycles. The SMILES string of the molecule is C=CC1C[C@@](NC(=O)[C@@H]2C[C@@H](Oc3cc(-c4ccccc4)nc4c3C=CC(OC)C4)CN2C(=O)[C@@H](NC(=O)OC(C)(C)C)C(C)(C)C)(C(=O)NS(=O)(=O)c2cc([N+](=O)[O-])c(Cl)s2)[C@H]1C. The summed E-state index contributed by atoms with van der Waals surface area (Å²) >= 11 is 6.35. The molecule has 3 heterocycles. The van der Waals surface area contributed by atoms with Gasteiger partial charge >= 0.3 is 6.09 Å². The van der Waals surface area contributed by atoms with E-state index in [0.29, 0.717) is 34.8 Å². The van der Waals surface area contributed by atoms with Gasteiger partial charge in [0, 0.05) is 43.2 Å². The van der Waals surface area contributed by atoms with Gasteiger partial charge < -0.3 is 29.7 Å². The monoisotopic (exact) mass is 940 g/mol. The van der Waals surface area contributed by atoms with Crippen LogP contribution in [0.15, 0.2) is 65.4 Å². The average molecular weight is 942 g/mol. The number of thiophene rings is 1. The van der Waals surface area contributed by atoms with Crippen molar-refractivity contribution in [3.05, 3.63) is 86.9 Å². The minimum atomic E-state index is -4.72. The van der Waals surface area contributed by atoms with Gasteiger partial charge in [0.05, 0.1) is 29.0 Å². The summed E-state index contributed by atoms with van der Waals surface area (Å²) in [6.45, 7) is 15.7. The minimum Gasteiger partial charge on any atom is -0.488 e. The van der Waals surface area contributed by atoms with Gasteiger partial charge in [0.15, 0.2) is 4.34 Å². The highest BCUT2D eigenvalue weighted by Crippen LogP contribution is 2.46. The molecule has 2 unspecified atom stereocenters. The van der Waals surface area contributed by atoms with Crippen LogP contribution in [-0.4, -0.2) is 96.1 Å². The smallest absolute Gasteiger partial charge is 0.408 e. The van der Waals surface area contributed by atoms with Gasteiger partial charge in [0.1, 0.15) is 39.3 Å². The molecule has 344 valence electrons. The molecule has 0 bridgehead atoms. The molecule has 7 atom stereocenters. The van der Waals surface area contributed by atoms with Crippen molar-refractivity contribution < 1.29 is 46.7 Å². The fraction of sp³-hybridized carbons (Fsp3) is 0.477. The number of methoxy groups -OCH3 is 1. The second-order valence-electron chi connectivity index (χ2n) is 18.3. The van der Waals surface area contributed by atoms with Gasteiger partial charge in [-0.05, 0) is 44.4 Å². The Morgan fingerprint density at radius 3 is 2.39 bits per heavy atom. The Morgan fingerprint density at radius 2 is 1.81 bits per heavy atom. The highest BCUT2D eigenvalue weighted by Gasteiger charge is 2.59. The number of sulfonamides is 1. The van der Waals surface area contributed by atoms with Gasteiger partial charge in [-0.3, -0.25) is 29.5 Å². The first kappa shape index (κ1) is 48.1. The molecule has 3 aromatic rings. The molecule has 2 aromatic heterocycles. The molecule has 1 saturated heterocycles. The number of ether oxygens (including phenoxy) is 3. The van der Waals surface area contributed by atoms with Crippen LogP contribution in [0.4, 0.5) is 10.5 Å². The maximum absolute atomic E-state index is 14.9. The van der Waals surface area contributed by atoms with Crippen molar-refractivity contribution in [1.82, 2.24) is 25.2 Å². The van der Waals surface area contributed by atoms with E-state index in [1.807, 2.05) is 47.2 Å². The van der Waals surface area contributed by atoms with Gasteiger partial charge in [-0.1, -0.05) is 87.9 Å². The van der Waals surface area contributed by atoms with E-state index in [0.717, 1.165) is 17.3 Å². The van der Waals surface area contributed by atoms with E-state index in [1.54, 1.807) is 67.7 Å². The Balaban J connectivity index is 1.36. The van der Waals surface area contributed by atoms with E-state index < -0.39 is 93.7 Å². The Labute approximate surface area is 381 Å². The summed E-state index contributed by atoms with van der Waals surface area (Å²) in [6, 6.07) is 9.55. The Hall–Kier alpha value is -5.37. The Bertz CT molecular complexity index is 2480. The van der Waals surface area contributed by atoms with Gasteiger partial charge in [-0.2, -0.15) is 0 Å². The quantitative estimate of drug-likeness (QED) is 0.0956. The van der Waals surface area contributed by atoms with E-state index >= 15 is 0 Å². The van der Waals surface area contributed by atoms with Crippen molar-refractivity contribution in [3.8, 4) is 17.0 Å². The number of amides is 4. The fourth-order valence-electron chi connectivity index (χ4n) is 8.10. The first-order valence-electron chi connectivity index (χ1n) is 20.6. The summed E-state index contributed by atoms with van der Waals surface area (Å²) in [4.78, 5) is 74.0. The van der Waals surface area contributed by atoms with Crippen molar-refractivity contribution in [3.63, 3.8) is 0 Å². The zero-order valence-corrected chi connectivity index (χ0v) is 39.2. The van der Waals surface area contributed by atoms with Crippen LogP contribution >= 0.6 is 22.9 Å². The normalized spacial score (nSPS) is 23.5. The fourth-order valence-corrected chi connectivity index (χ4v) is 10.8. The van der Waals surface area contributed by atoms with Crippen LogP contribution in [0.25, 0.3) is 17.3 Å². The lowest BCUT2D eigenvalue weighted by Gasteiger charge is -2.52. The second kappa shape index (κ2) is 18.3. The van der Waals surface area contributed by atoms with Crippen LogP contribution < -0.4 is 20.1 Å². The van der Waals surface area contributed by atoms with Crippen molar-refractivity contribution in [2.75, 3.05) is 13.7 Å².